The molecule has 0 N–H and O–H groups in total. The molecule has 0 saturated carbocycles. The predicted molar refractivity (Wildman–Crippen MR) is 85.4 cm³/mol. The number of rotatable bonds is 3. The van der Waals surface area contributed by atoms with Crippen LogP contribution in [0.1, 0.15) is 26.6 Å². The topological polar surface area (TPSA) is 29.0 Å². The molecule has 0 spiro atoms. The third kappa shape index (κ3) is 2.90. The lowest BCUT2D eigenvalue weighted by molar-refractivity contribution is 0.244. The van der Waals surface area contributed by atoms with Gasteiger partial charge in [0, 0.05) is 47.6 Å². The number of hydrogen-bond donors (Lipinski definition) is 0. The molecule has 0 aliphatic carbocycles. The fourth-order valence-electron chi connectivity index (χ4n) is 2.54. The van der Waals surface area contributed by atoms with Crippen molar-refractivity contribution in [1.29, 1.82) is 0 Å². The Kier molecular flexibility index (Phi) is 4.10. The number of nitrogens with zero attached hydrogens (tertiary/aromatic N) is 3. The lowest BCUT2D eigenvalue weighted by Gasteiger charge is -2.27. The number of thiophene rings is 1. The Hall–Kier alpha value is -0.910. The first-order valence-electron chi connectivity index (χ1n) is 6.83. The van der Waals surface area contributed by atoms with Gasteiger partial charge in [0.05, 0.1) is 5.69 Å². The Morgan fingerprint density at radius 2 is 2.25 bits per heavy atom. The van der Waals surface area contributed by atoms with Gasteiger partial charge in [-0.2, -0.15) is 0 Å². The first-order valence-corrected chi connectivity index (χ1v) is 8.87. The molecule has 2 aromatic heterocycles. The highest BCUT2D eigenvalue weighted by molar-refractivity contribution is 7.98. The van der Waals surface area contributed by atoms with Crippen LogP contribution < -0.4 is 0 Å². The van der Waals surface area contributed by atoms with E-state index in [1.807, 2.05) is 23.8 Å². The summed E-state index contributed by atoms with van der Waals surface area (Å²) in [4.78, 5) is 14.4. The van der Waals surface area contributed by atoms with Crippen LogP contribution in [0.25, 0.3) is 0 Å². The second-order valence-corrected chi connectivity index (χ2v) is 7.36. The largest absolute Gasteiger partial charge is 0.293 e. The molecule has 1 aliphatic rings. The van der Waals surface area contributed by atoms with Crippen molar-refractivity contribution in [2.75, 3.05) is 12.8 Å². The van der Waals surface area contributed by atoms with Crippen molar-refractivity contribution in [3.05, 3.63) is 38.8 Å². The number of aromatic nitrogens is 2. The molecule has 0 unspecified atom stereocenters. The summed E-state index contributed by atoms with van der Waals surface area (Å²) in [7, 11) is 0. The summed E-state index contributed by atoms with van der Waals surface area (Å²) in [6.45, 7) is 7.50. The maximum Gasteiger partial charge on any atom is 0.187 e. The third-order valence-corrected chi connectivity index (χ3v) is 5.47. The lowest BCUT2D eigenvalue weighted by Crippen LogP contribution is -2.30. The zero-order chi connectivity index (χ0) is 14.1. The van der Waals surface area contributed by atoms with Gasteiger partial charge in [-0.15, -0.1) is 11.3 Å². The van der Waals surface area contributed by atoms with E-state index >= 15 is 0 Å². The van der Waals surface area contributed by atoms with Gasteiger partial charge in [0.25, 0.3) is 0 Å². The van der Waals surface area contributed by atoms with Crippen LogP contribution in [-0.4, -0.2) is 27.7 Å². The van der Waals surface area contributed by atoms with Gasteiger partial charge in [-0.25, -0.2) is 9.97 Å². The number of hydrogen-bond acceptors (Lipinski definition) is 5. The van der Waals surface area contributed by atoms with E-state index in [2.05, 4.69) is 34.8 Å². The summed E-state index contributed by atoms with van der Waals surface area (Å²) < 4.78 is 0. The standard InChI is InChI=1S/C15H19N3S2/c1-10-6-13(20-11(10)2)9-18-5-4-14-12(8-18)7-16-15(17-14)19-3/h6-7H,4-5,8-9H2,1-3H3. The molecular weight excluding hydrogens is 286 g/mol. The molecule has 0 radical (unpaired) electrons. The van der Waals surface area contributed by atoms with Gasteiger partial charge in [0.1, 0.15) is 0 Å². The second kappa shape index (κ2) is 5.84. The van der Waals surface area contributed by atoms with Crippen LogP contribution in [0.3, 0.4) is 0 Å². The smallest absolute Gasteiger partial charge is 0.187 e. The Bertz CT molecular complexity index is 602. The van der Waals surface area contributed by atoms with E-state index < -0.39 is 0 Å². The monoisotopic (exact) mass is 305 g/mol. The van der Waals surface area contributed by atoms with Crippen LogP contribution in [0.4, 0.5) is 0 Å². The molecule has 5 heteroatoms. The quantitative estimate of drug-likeness (QED) is 0.642. The molecular formula is C15H19N3S2. The minimum Gasteiger partial charge on any atom is -0.293 e. The van der Waals surface area contributed by atoms with E-state index in [1.54, 1.807) is 11.8 Å². The van der Waals surface area contributed by atoms with Crippen molar-refractivity contribution in [3.8, 4) is 0 Å². The van der Waals surface area contributed by atoms with Crippen molar-refractivity contribution in [1.82, 2.24) is 14.9 Å². The average Bonchev–Trinajstić information content (AvgIpc) is 2.76. The van der Waals surface area contributed by atoms with Crippen LogP contribution in [0.15, 0.2) is 17.4 Å². The summed E-state index contributed by atoms with van der Waals surface area (Å²) in [5.41, 5.74) is 3.94. The molecule has 0 bridgehead atoms. The van der Waals surface area contributed by atoms with Crippen LogP contribution in [0.2, 0.25) is 0 Å². The summed E-state index contributed by atoms with van der Waals surface area (Å²) in [6.07, 6.45) is 5.07. The molecule has 0 aromatic carbocycles. The van der Waals surface area contributed by atoms with Crippen LogP contribution in [0.5, 0.6) is 0 Å². The summed E-state index contributed by atoms with van der Waals surface area (Å²) >= 11 is 3.53. The minimum absolute atomic E-state index is 0.890. The third-order valence-electron chi connectivity index (χ3n) is 3.77. The minimum atomic E-state index is 0.890. The SMILES string of the molecule is CSc1ncc2c(n1)CCN(Cc1cc(C)c(C)s1)C2. The highest BCUT2D eigenvalue weighted by atomic mass is 32.2. The molecule has 20 heavy (non-hydrogen) atoms. The average molecular weight is 305 g/mol. The predicted octanol–water partition coefficient (Wildman–Crippen LogP) is 3.44. The Balaban J connectivity index is 1.72. The van der Waals surface area contributed by atoms with Crippen LogP contribution in [0, 0.1) is 13.8 Å². The van der Waals surface area contributed by atoms with Gasteiger partial charge in [-0.3, -0.25) is 4.90 Å². The molecule has 0 saturated heterocycles. The first kappa shape index (κ1) is 14.0. The van der Waals surface area contributed by atoms with Gasteiger partial charge >= 0.3 is 0 Å². The van der Waals surface area contributed by atoms with Gasteiger partial charge in [-0.05, 0) is 31.7 Å². The molecule has 3 rings (SSSR count). The molecule has 1 aliphatic heterocycles. The van der Waals surface area contributed by atoms with Crippen molar-refractivity contribution in [2.24, 2.45) is 0 Å². The van der Waals surface area contributed by atoms with E-state index in [-0.39, 0.29) is 0 Å². The number of fused-ring (bicyclic) bond motifs is 1. The van der Waals surface area contributed by atoms with Crippen molar-refractivity contribution >= 4 is 23.1 Å². The Morgan fingerprint density at radius 3 is 2.95 bits per heavy atom. The summed E-state index contributed by atoms with van der Waals surface area (Å²) in [6, 6.07) is 2.32. The van der Waals surface area contributed by atoms with E-state index in [9.17, 15) is 0 Å². The van der Waals surface area contributed by atoms with Gasteiger partial charge in [0.2, 0.25) is 0 Å². The lowest BCUT2D eigenvalue weighted by atomic mass is 10.1. The van der Waals surface area contributed by atoms with E-state index in [0.29, 0.717) is 0 Å². The summed E-state index contributed by atoms with van der Waals surface area (Å²) in [5, 5.41) is 0.890. The second-order valence-electron chi connectivity index (χ2n) is 5.24. The Morgan fingerprint density at radius 1 is 1.40 bits per heavy atom. The van der Waals surface area contributed by atoms with Gasteiger partial charge in [-0.1, -0.05) is 11.8 Å². The van der Waals surface area contributed by atoms with E-state index in [0.717, 1.165) is 31.2 Å². The zero-order valence-electron chi connectivity index (χ0n) is 12.1. The summed E-state index contributed by atoms with van der Waals surface area (Å²) in [5.74, 6) is 0. The zero-order valence-corrected chi connectivity index (χ0v) is 13.8. The first-order chi connectivity index (χ1) is 9.65. The van der Waals surface area contributed by atoms with Crippen molar-refractivity contribution in [2.45, 2.75) is 38.5 Å². The number of aryl methyl sites for hydroxylation is 2. The van der Waals surface area contributed by atoms with E-state index in [4.69, 9.17) is 0 Å². The van der Waals surface area contributed by atoms with Crippen LogP contribution in [-0.2, 0) is 19.5 Å². The molecule has 0 amide bonds. The highest BCUT2D eigenvalue weighted by Gasteiger charge is 2.19. The molecule has 0 atom stereocenters. The molecule has 3 heterocycles. The maximum atomic E-state index is 4.62. The normalized spacial score (nSPS) is 15.3. The van der Waals surface area contributed by atoms with E-state index in [1.165, 1.54) is 26.6 Å². The fourth-order valence-corrected chi connectivity index (χ4v) is 3.99. The van der Waals surface area contributed by atoms with Crippen molar-refractivity contribution in [3.63, 3.8) is 0 Å². The van der Waals surface area contributed by atoms with Gasteiger partial charge < -0.3 is 0 Å². The molecule has 0 fully saturated rings. The maximum absolute atomic E-state index is 4.62. The van der Waals surface area contributed by atoms with Crippen LogP contribution >= 0.6 is 23.1 Å². The van der Waals surface area contributed by atoms with Gasteiger partial charge in [0.15, 0.2) is 5.16 Å². The fraction of sp³-hybridized carbons (Fsp3) is 0.467. The molecule has 2 aromatic rings. The number of thioether (sulfide) groups is 1. The molecule has 3 nitrogen and oxygen atoms in total. The molecule has 106 valence electrons. The Labute approximate surface area is 128 Å². The highest BCUT2D eigenvalue weighted by Crippen LogP contribution is 2.25. The van der Waals surface area contributed by atoms with Crippen molar-refractivity contribution < 1.29 is 0 Å².